The summed E-state index contributed by atoms with van der Waals surface area (Å²) in [6.07, 6.45) is 3.69. The summed E-state index contributed by atoms with van der Waals surface area (Å²) in [5.41, 5.74) is 1.04. The Kier molecular flexibility index (Phi) is 4.75. The molecule has 0 radical (unpaired) electrons. The highest BCUT2D eigenvalue weighted by Crippen LogP contribution is 2.34. The summed E-state index contributed by atoms with van der Waals surface area (Å²) in [5.74, 6) is 0.799. The van der Waals surface area contributed by atoms with Crippen molar-refractivity contribution in [3.8, 4) is 11.4 Å². The van der Waals surface area contributed by atoms with Crippen molar-refractivity contribution in [2.24, 2.45) is 5.92 Å². The smallest absolute Gasteiger partial charge is 0.214 e. The lowest BCUT2D eigenvalue weighted by molar-refractivity contribution is 0.182. The first-order valence-electron chi connectivity index (χ1n) is 8.96. The molecule has 0 aliphatic carbocycles. The Morgan fingerprint density at radius 1 is 1.15 bits per heavy atom. The molecule has 2 heterocycles. The highest BCUT2D eigenvalue weighted by molar-refractivity contribution is 7.89. The fourth-order valence-corrected chi connectivity index (χ4v) is 4.84. The fourth-order valence-electron chi connectivity index (χ4n) is 3.68. The van der Waals surface area contributed by atoms with Crippen LogP contribution in [0.15, 0.2) is 54.9 Å². The number of aromatic nitrogens is 2. The van der Waals surface area contributed by atoms with Gasteiger partial charge in [-0.15, -0.1) is 0 Å². The lowest BCUT2D eigenvalue weighted by atomic mass is 10.0. The van der Waals surface area contributed by atoms with Crippen molar-refractivity contribution in [1.82, 2.24) is 13.9 Å². The van der Waals surface area contributed by atoms with Gasteiger partial charge in [0.25, 0.3) is 0 Å². The average molecular weight is 385 g/mol. The summed E-state index contributed by atoms with van der Waals surface area (Å²) in [6.45, 7) is 0.923. The largest absolute Gasteiger partial charge is 0.379 e. The number of nitrogens with zero attached hydrogens (tertiary/aromatic N) is 3. The second-order valence-electron chi connectivity index (χ2n) is 7.11. The Hall–Kier alpha value is -2.22. The Bertz CT molecular complexity index is 1050. The zero-order chi connectivity index (χ0) is 19.0. The summed E-state index contributed by atoms with van der Waals surface area (Å²) in [5, 5.41) is 2.28. The quantitative estimate of drug-likeness (QED) is 0.677. The summed E-state index contributed by atoms with van der Waals surface area (Å²) < 4.78 is 33.8. The van der Waals surface area contributed by atoms with Crippen molar-refractivity contribution in [2.45, 2.75) is 6.04 Å². The molecule has 0 unspecified atom stereocenters. The first-order valence-corrected chi connectivity index (χ1v) is 10.6. The van der Waals surface area contributed by atoms with Crippen molar-refractivity contribution in [3.05, 3.63) is 54.9 Å². The van der Waals surface area contributed by atoms with Gasteiger partial charge < -0.3 is 9.30 Å². The number of fused-ring (bicyclic) bond motifs is 1. The predicted octanol–water partition coefficient (Wildman–Crippen LogP) is 2.78. The van der Waals surface area contributed by atoms with Gasteiger partial charge in [0.05, 0.1) is 25.0 Å². The Balaban J connectivity index is 1.73. The average Bonchev–Trinajstić information content (AvgIpc) is 3.29. The van der Waals surface area contributed by atoms with Crippen LogP contribution in [0, 0.1) is 5.92 Å². The van der Waals surface area contributed by atoms with E-state index in [1.54, 1.807) is 20.3 Å². The van der Waals surface area contributed by atoms with Crippen LogP contribution >= 0.6 is 0 Å². The molecule has 0 saturated carbocycles. The zero-order valence-corrected chi connectivity index (χ0v) is 16.3. The Morgan fingerprint density at radius 2 is 1.93 bits per heavy atom. The van der Waals surface area contributed by atoms with Crippen molar-refractivity contribution in [3.63, 3.8) is 0 Å². The molecule has 1 aromatic heterocycles. The lowest BCUT2D eigenvalue weighted by Crippen LogP contribution is -2.32. The molecule has 1 saturated heterocycles. The SMILES string of the molecule is CN(C)S(=O)(=O)C[C@@H]1COC[C@H]1n1ccnc1-c1cccc2ccccc12. The van der Waals surface area contributed by atoms with Crippen LogP contribution in [0.2, 0.25) is 0 Å². The van der Waals surface area contributed by atoms with E-state index < -0.39 is 10.0 Å². The maximum absolute atomic E-state index is 12.4. The molecule has 2 atom stereocenters. The fraction of sp³-hybridized carbons (Fsp3) is 0.350. The maximum Gasteiger partial charge on any atom is 0.214 e. The summed E-state index contributed by atoms with van der Waals surface area (Å²) in [6, 6.07) is 14.3. The first-order chi connectivity index (χ1) is 13.0. The highest BCUT2D eigenvalue weighted by atomic mass is 32.2. The van der Waals surface area contributed by atoms with Gasteiger partial charge in [0.1, 0.15) is 5.82 Å². The van der Waals surface area contributed by atoms with Crippen LogP contribution in [-0.2, 0) is 14.8 Å². The van der Waals surface area contributed by atoms with E-state index in [0.717, 1.165) is 22.2 Å². The van der Waals surface area contributed by atoms with Crippen LogP contribution in [-0.4, -0.2) is 55.3 Å². The normalized spacial score (nSPS) is 20.6. The number of sulfonamides is 1. The number of ether oxygens (including phenoxy) is 1. The molecule has 142 valence electrons. The predicted molar refractivity (Wildman–Crippen MR) is 106 cm³/mol. The van der Waals surface area contributed by atoms with Gasteiger partial charge >= 0.3 is 0 Å². The third-order valence-electron chi connectivity index (χ3n) is 5.20. The van der Waals surface area contributed by atoms with Crippen LogP contribution in [0.25, 0.3) is 22.2 Å². The number of benzene rings is 2. The van der Waals surface area contributed by atoms with E-state index in [4.69, 9.17) is 4.74 Å². The van der Waals surface area contributed by atoms with Gasteiger partial charge in [-0.05, 0) is 10.8 Å². The summed E-state index contributed by atoms with van der Waals surface area (Å²) >= 11 is 0. The monoisotopic (exact) mass is 385 g/mol. The standard InChI is InChI=1S/C20H23N3O3S/c1-22(2)27(24,25)14-16-12-26-13-19(16)23-11-10-21-20(23)18-9-5-7-15-6-3-4-8-17(15)18/h3-11,16,19H,12-14H2,1-2H3/t16-,19+/m0/s1. The van der Waals surface area contributed by atoms with Crippen molar-refractivity contribution in [1.29, 1.82) is 0 Å². The van der Waals surface area contributed by atoms with Crippen LogP contribution < -0.4 is 0 Å². The van der Waals surface area contributed by atoms with Crippen LogP contribution in [0.5, 0.6) is 0 Å². The van der Waals surface area contributed by atoms with Gasteiger partial charge in [-0.3, -0.25) is 0 Å². The molecule has 1 fully saturated rings. The minimum Gasteiger partial charge on any atom is -0.379 e. The molecule has 4 rings (SSSR count). The van der Waals surface area contributed by atoms with Gasteiger partial charge in [0, 0.05) is 38.0 Å². The van der Waals surface area contributed by atoms with E-state index >= 15 is 0 Å². The molecule has 0 N–H and O–H groups in total. The van der Waals surface area contributed by atoms with Crippen molar-refractivity contribution in [2.75, 3.05) is 33.1 Å². The number of imidazole rings is 1. The summed E-state index contributed by atoms with van der Waals surface area (Å²) in [7, 11) is -0.161. The van der Waals surface area contributed by atoms with E-state index in [9.17, 15) is 8.42 Å². The van der Waals surface area contributed by atoms with E-state index in [2.05, 4.69) is 33.8 Å². The van der Waals surface area contributed by atoms with Gasteiger partial charge in [-0.1, -0.05) is 42.5 Å². The third kappa shape index (κ3) is 3.38. The van der Waals surface area contributed by atoms with Gasteiger partial charge in [0.2, 0.25) is 10.0 Å². The first kappa shape index (κ1) is 18.2. The molecule has 6 nitrogen and oxygen atoms in total. The molecule has 1 aliphatic rings. The topological polar surface area (TPSA) is 64.4 Å². The molecule has 0 bridgehead atoms. The molecule has 0 amide bonds. The maximum atomic E-state index is 12.4. The third-order valence-corrected chi connectivity index (χ3v) is 7.16. The molecule has 27 heavy (non-hydrogen) atoms. The van der Waals surface area contributed by atoms with Gasteiger partial charge in [-0.2, -0.15) is 0 Å². The summed E-state index contributed by atoms with van der Waals surface area (Å²) in [4.78, 5) is 4.59. The van der Waals surface area contributed by atoms with Gasteiger partial charge in [-0.25, -0.2) is 17.7 Å². The lowest BCUT2D eigenvalue weighted by Gasteiger charge is -2.23. The molecule has 0 spiro atoms. The second-order valence-corrected chi connectivity index (χ2v) is 9.34. The molecule has 2 aromatic carbocycles. The van der Waals surface area contributed by atoms with Crippen LogP contribution in [0.4, 0.5) is 0 Å². The Labute approximate surface area is 159 Å². The van der Waals surface area contributed by atoms with Crippen molar-refractivity contribution >= 4 is 20.8 Å². The molecule has 7 heteroatoms. The number of hydrogen-bond acceptors (Lipinski definition) is 4. The van der Waals surface area contributed by atoms with Gasteiger partial charge in [0.15, 0.2) is 0 Å². The molecule has 1 aliphatic heterocycles. The minimum absolute atomic E-state index is 0.0591. The zero-order valence-electron chi connectivity index (χ0n) is 15.4. The molecular weight excluding hydrogens is 362 g/mol. The number of hydrogen-bond donors (Lipinski definition) is 0. The van der Waals surface area contributed by atoms with Crippen molar-refractivity contribution < 1.29 is 13.2 Å². The second kappa shape index (κ2) is 7.07. The van der Waals surface area contributed by atoms with E-state index in [1.165, 1.54) is 4.31 Å². The van der Waals surface area contributed by atoms with E-state index in [-0.39, 0.29) is 17.7 Å². The van der Waals surface area contributed by atoms with Crippen LogP contribution in [0.3, 0.4) is 0 Å². The minimum atomic E-state index is -3.30. The van der Waals surface area contributed by atoms with E-state index in [1.807, 2.05) is 24.4 Å². The molecular formula is C20H23N3O3S. The number of rotatable bonds is 5. The van der Waals surface area contributed by atoms with E-state index in [0.29, 0.717) is 13.2 Å². The molecule has 3 aromatic rings. The highest BCUT2D eigenvalue weighted by Gasteiger charge is 2.35. The Morgan fingerprint density at radius 3 is 2.74 bits per heavy atom. The van der Waals surface area contributed by atoms with Crippen LogP contribution in [0.1, 0.15) is 6.04 Å².